The summed E-state index contributed by atoms with van der Waals surface area (Å²) >= 11 is 0. The van der Waals surface area contributed by atoms with E-state index in [1.807, 2.05) is 21.1 Å². The van der Waals surface area contributed by atoms with E-state index in [2.05, 4.69) is 55.6 Å². The second kappa shape index (κ2) is 43.9. The number of hydrogen-bond acceptors (Lipinski definition) is 5. The largest absolute Gasteiger partial charge is 0.472 e. The van der Waals surface area contributed by atoms with E-state index in [1.165, 1.54) is 148 Å². The van der Waals surface area contributed by atoms with Gasteiger partial charge in [0.15, 0.2) is 0 Å². The molecule has 3 atom stereocenters. The minimum Gasteiger partial charge on any atom is -0.391 e. The van der Waals surface area contributed by atoms with Gasteiger partial charge in [-0.05, 0) is 51.4 Å². The third-order valence-corrected chi connectivity index (χ3v) is 12.6. The Kier molecular flexibility index (Phi) is 43.0. The Bertz CT molecular complexity index is 1090. The number of likely N-dealkylation sites (N-methyl/N-ethyl adjacent to an activating group) is 1. The van der Waals surface area contributed by atoms with Gasteiger partial charge in [0.2, 0.25) is 5.91 Å². The SMILES string of the molecule is CCCCCCC/C=C\C/C=C\C/C=C\CCCCCCCCC(=O)NC(COP(=O)(O)OCC[N+](C)(C)C)C(O)CCCCCCCCCCCCCCCCCCCC. The third kappa shape index (κ3) is 46.5. The fourth-order valence-electron chi connectivity index (χ4n) is 7.52. The maximum atomic E-state index is 12.9. The van der Waals surface area contributed by atoms with E-state index in [4.69, 9.17) is 9.05 Å². The first kappa shape index (κ1) is 59.7. The van der Waals surface area contributed by atoms with E-state index in [0.717, 1.165) is 64.2 Å². The van der Waals surface area contributed by atoms with Crippen LogP contribution in [0.1, 0.15) is 239 Å². The number of carbonyl (C=O) groups is 1. The minimum absolute atomic E-state index is 0.0715. The predicted molar refractivity (Wildman–Crippen MR) is 263 cm³/mol. The summed E-state index contributed by atoms with van der Waals surface area (Å²) in [4.78, 5) is 23.3. The van der Waals surface area contributed by atoms with Gasteiger partial charge in [0.1, 0.15) is 13.2 Å². The van der Waals surface area contributed by atoms with Gasteiger partial charge in [-0.2, -0.15) is 0 Å². The third-order valence-electron chi connectivity index (χ3n) is 11.6. The highest BCUT2D eigenvalue weighted by molar-refractivity contribution is 7.47. The molecule has 0 aromatic heterocycles. The lowest BCUT2D eigenvalue weighted by Gasteiger charge is -2.26. The number of aliphatic hydroxyl groups is 1. The van der Waals surface area contributed by atoms with Crippen molar-refractivity contribution < 1.29 is 32.9 Å². The van der Waals surface area contributed by atoms with E-state index in [1.54, 1.807) is 0 Å². The molecule has 0 aliphatic rings. The summed E-state index contributed by atoms with van der Waals surface area (Å²) in [6.45, 7) is 4.88. The highest BCUT2D eigenvalue weighted by Crippen LogP contribution is 2.43. The number of nitrogens with zero attached hydrogens (tertiary/aromatic N) is 1. The van der Waals surface area contributed by atoms with Crippen LogP contribution >= 0.6 is 7.82 Å². The molecule has 0 rings (SSSR count). The molecule has 0 bridgehead atoms. The van der Waals surface area contributed by atoms with Crippen molar-refractivity contribution in [3.8, 4) is 0 Å². The number of nitrogens with one attached hydrogen (secondary N) is 1. The first-order valence-electron chi connectivity index (χ1n) is 25.9. The number of quaternary nitrogens is 1. The number of hydrogen-bond donors (Lipinski definition) is 3. The fourth-order valence-corrected chi connectivity index (χ4v) is 8.26. The van der Waals surface area contributed by atoms with Crippen molar-refractivity contribution in [2.24, 2.45) is 0 Å². The highest BCUT2D eigenvalue weighted by atomic mass is 31.2. The predicted octanol–water partition coefficient (Wildman–Crippen LogP) is 15.0. The van der Waals surface area contributed by atoms with Gasteiger partial charge in [-0.25, -0.2) is 4.57 Å². The van der Waals surface area contributed by atoms with E-state index in [-0.39, 0.29) is 19.1 Å². The number of unbranched alkanes of at least 4 members (excludes halogenated alkanes) is 28. The van der Waals surface area contributed by atoms with Crippen molar-refractivity contribution >= 4 is 13.7 Å². The van der Waals surface area contributed by atoms with Crippen molar-refractivity contribution in [3.63, 3.8) is 0 Å². The summed E-state index contributed by atoms with van der Waals surface area (Å²) in [7, 11) is 1.61. The molecule has 0 aliphatic carbocycles. The van der Waals surface area contributed by atoms with Gasteiger partial charge in [0, 0.05) is 6.42 Å². The number of carbonyl (C=O) groups excluding carboxylic acids is 1. The summed E-state index contributed by atoms with van der Waals surface area (Å²) in [5, 5.41) is 14.0. The van der Waals surface area contributed by atoms with Crippen molar-refractivity contribution in [2.45, 2.75) is 251 Å². The number of amides is 1. The molecular weight excluding hydrogens is 780 g/mol. The molecule has 0 heterocycles. The van der Waals surface area contributed by atoms with Crippen LogP contribution in [0.5, 0.6) is 0 Å². The van der Waals surface area contributed by atoms with Crippen molar-refractivity contribution in [1.29, 1.82) is 0 Å². The molecule has 0 saturated heterocycles. The molecule has 0 fully saturated rings. The maximum Gasteiger partial charge on any atom is 0.472 e. The summed E-state index contributed by atoms with van der Waals surface area (Å²) in [5.74, 6) is -0.155. The second-order valence-electron chi connectivity index (χ2n) is 18.9. The smallest absolute Gasteiger partial charge is 0.391 e. The Labute approximate surface area is 378 Å². The van der Waals surface area contributed by atoms with Crippen LogP contribution in [0.3, 0.4) is 0 Å². The van der Waals surface area contributed by atoms with Gasteiger partial charge in [-0.3, -0.25) is 13.8 Å². The van der Waals surface area contributed by atoms with Crippen LogP contribution in [0.25, 0.3) is 0 Å². The Balaban J connectivity index is 4.30. The van der Waals surface area contributed by atoms with Gasteiger partial charge in [-0.1, -0.05) is 217 Å². The summed E-state index contributed by atoms with van der Waals surface area (Å²) in [5.41, 5.74) is 0. The normalized spacial score (nSPS) is 14.4. The number of phosphoric acid groups is 1. The number of rotatable bonds is 47. The quantitative estimate of drug-likeness (QED) is 0.0243. The number of aliphatic hydroxyl groups excluding tert-OH is 1. The lowest BCUT2D eigenvalue weighted by atomic mass is 10.0. The Hall–Kier alpha value is -1.28. The molecule has 9 heteroatoms. The van der Waals surface area contributed by atoms with Crippen LogP contribution in [0.4, 0.5) is 0 Å². The van der Waals surface area contributed by atoms with E-state index < -0.39 is 20.0 Å². The molecule has 0 spiro atoms. The van der Waals surface area contributed by atoms with Crippen LogP contribution in [-0.2, 0) is 18.4 Å². The molecule has 0 aromatic carbocycles. The highest BCUT2D eigenvalue weighted by Gasteiger charge is 2.28. The summed E-state index contributed by atoms with van der Waals surface area (Å²) in [6, 6.07) is -0.768. The average molecular weight is 882 g/mol. The Morgan fingerprint density at radius 3 is 1.36 bits per heavy atom. The fraction of sp³-hybridized carbons (Fsp3) is 0.865. The van der Waals surface area contributed by atoms with Gasteiger partial charge in [0.25, 0.3) is 0 Å². The van der Waals surface area contributed by atoms with Crippen molar-refractivity contribution in [3.05, 3.63) is 36.5 Å². The zero-order valence-electron chi connectivity index (χ0n) is 40.9. The first-order valence-corrected chi connectivity index (χ1v) is 27.3. The summed E-state index contributed by atoms with van der Waals surface area (Å²) in [6.07, 6.45) is 54.6. The maximum absolute atomic E-state index is 12.9. The van der Waals surface area contributed by atoms with Crippen LogP contribution in [-0.4, -0.2) is 73.4 Å². The molecule has 8 nitrogen and oxygen atoms in total. The van der Waals surface area contributed by atoms with Gasteiger partial charge in [0.05, 0.1) is 39.9 Å². The zero-order valence-corrected chi connectivity index (χ0v) is 41.8. The first-order chi connectivity index (χ1) is 29.5. The molecule has 0 aliphatic heterocycles. The summed E-state index contributed by atoms with van der Waals surface area (Å²) < 4.78 is 23.7. The monoisotopic (exact) mass is 882 g/mol. The molecule has 1 amide bonds. The van der Waals surface area contributed by atoms with Gasteiger partial charge < -0.3 is 19.8 Å². The van der Waals surface area contributed by atoms with Crippen molar-refractivity contribution in [2.75, 3.05) is 40.9 Å². The van der Waals surface area contributed by atoms with Crippen LogP contribution in [0.15, 0.2) is 36.5 Å². The van der Waals surface area contributed by atoms with E-state index in [0.29, 0.717) is 23.9 Å². The zero-order chi connectivity index (χ0) is 45.0. The van der Waals surface area contributed by atoms with Gasteiger partial charge >= 0.3 is 7.82 Å². The van der Waals surface area contributed by atoms with Crippen LogP contribution in [0.2, 0.25) is 0 Å². The molecular formula is C52H102N2O6P+. The van der Waals surface area contributed by atoms with Crippen LogP contribution in [0, 0.1) is 0 Å². The standard InChI is InChI=1S/C52H101N2O6P/c1-6-8-10-12-14-16-18-20-22-24-26-27-28-30-32-34-36-38-40-42-44-46-52(56)53-50(49-60-61(57,58)59-48-47-54(3,4)5)51(55)45-43-41-39-37-35-33-31-29-25-23-21-19-17-15-13-11-9-7-2/h18,20,24,26,28,30,50-51,55H,6-17,19,21-23,25,27,29,31-49H2,1-5H3,(H-,53,56,57,58)/p+1/b20-18-,26-24-,30-28-. The van der Waals surface area contributed by atoms with E-state index in [9.17, 15) is 19.4 Å². The molecule has 0 radical (unpaired) electrons. The number of allylic oxidation sites excluding steroid dienone is 6. The lowest BCUT2D eigenvalue weighted by molar-refractivity contribution is -0.870. The Morgan fingerprint density at radius 2 is 0.934 bits per heavy atom. The van der Waals surface area contributed by atoms with Gasteiger partial charge in [-0.15, -0.1) is 0 Å². The molecule has 61 heavy (non-hydrogen) atoms. The molecule has 0 saturated carbocycles. The molecule has 360 valence electrons. The Morgan fingerprint density at radius 1 is 0.557 bits per heavy atom. The second-order valence-corrected chi connectivity index (χ2v) is 20.4. The minimum atomic E-state index is -4.32. The molecule has 3 N–H and O–H groups in total. The topological polar surface area (TPSA) is 105 Å². The van der Waals surface area contributed by atoms with Crippen molar-refractivity contribution in [1.82, 2.24) is 5.32 Å². The van der Waals surface area contributed by atoms with Crippen LogP contribution < -0.4 is 5.32 Å². The molecule has 0 aromatic rings. The molecule has 3 unspecified atom stereocenters. The van der Waals surface area contributed by atoms with E-state index >= 15 is 0 Å². The lowest BCUT2D eigenvalue weighted by Crippen LogP contribution is -2.46. The average Bonchev–Trinajstić information content (AvgIpc) is 3.21. The number of phosphoric ester groups is 1.